The Labute approximate surface area is 62.2 Å². The molecule has 52 valence electrons. The lowest BCUT2D eigenvalue weighted by Crippen LogP contribution is -1.72. The Kier molecular flexibility index (Phi) is 7.57. The number of alkyl halides is 1. The first-order valence-corrected chi connectivity index (χ1v) is 3.78. The maximum absolute atomic E-state index is 5.47. The van der Waals surface area contributed by atoms with E-state index in [0.29, 0.717) is 0 Å². The van der Waals surface area contributed by atoms with Gasteiger partial charge in [0.1, 0.15) is 0 Å². The van der Waals surface area contributed by atoms with E-state index in [2.05, 4.69) is 12.7 Å². The second kappa shape index (κ2) is 7.77. The molecule has 0 heterocycles. The molecule has 0 fully saturated rings. The Bertz CT molecular complexity index is 84.6. The lowest BCUT2D eigenvalue weighted by Gasteiger charge is -1.88. The highest BCUT2D eigenvalue weighted by Crippen LogP contribution is 1.97. The van der Waals surface area contributed by atoms with Gasteiger partial charge in [-0.2, -0.15) is 0 Å². The van der Waals surface area contributed by atoms with Gasteiger partial charge in [-0.05, 0) is 19.3 Å². The molecule has 9 heavy (non-hydrogen) atoms. The molecule has 0 amide bonds. The summed E-state index contributed by atoms with van der Waals surface area (Å²) in [7, 11) is 0. The molecule has 0 saturated carbocycles. The molecule has 0 rings (SSSR count). The highest BCUT2D eigenvalue weighted by molar-refractivity contribution is 6.17. The van der Waals surface area contributed by atoms with E-state index in [1.165, 1.54) is 6.42 Å². The number of halogens is 1. The maximum atomic E-state index is 5.47. The van der Waals surface area contributed by atoms with Crippen molar-refractivity contribution < 1.29 is 0 Å². The molecule has 0 spiro atoms. The molecule has 1 heteroatoms. The largest absolute Gasteiger partial charge is 0.127 e. The molecule has 0 unspecified atom stereocenters. The number of unbranched alkanes of at least 4 members (excludes halogenated alkanes) is 2. The van der Waals surface area contributed by atoms with E-state index in [1.54, 1.807) is 6.08 Å². The summed E-state index contributed by atoms with van der Waals surface area (Å²) in [6.45, 7) is 3.57. The monoisotopic (exact) mass is 144 g/mol. The Morgan fingerprint density at radius 3 is 2.67 bits per heavy atom. The molecule has 0 aromatic rings. The van der Waals surface area contributed by atoms with Crippen LogP contribution in [0.4, 0.5) is 0 Å². The Morgan fingerprint density at radius 1 is 1.33 bits per heavy atom. The first-order chi connectivity index (χ1) is 4.41. The van der Waals surface area contributed by atoms with Crippen LogP contribution in [0.1, 0.15) is 19.3 Å². The van der Waals surface area contributed by atoms with Crippen molar-refractivity contribution in [1.82, 2.24) is 0 Å². The third-order valence-corrected chi connectivity index (χ3v) is 1.29. The van der Waals surface area contributed by atoms with Crippen LogP contribution < -0.4 is 0 Å². The van der Waals surface area contributed by atoms with E-state index in [-0.39, 0.29) is 0 Å². The first-order valence-electron chi connectivity index (χ1n) is 3.25. The standard InChI is InChI=1S/C8H13Cl/c1-2-3-4-5-6-7-8-9/h2-4H,1,5-8H2. The van der Waals surface area contributed by atoms with Crippen LogP contribution in [0.5, 0.6) is 0 Å². The minimum atomic E-state index is 0.780. The van der Waals surface area contributed by atoms with Crippen molar-refractivity contribution in [2.45, 2.75) is 19.3 Å². The topological polar surface area (TPSA) is 0 Å². The van der Waals surface area contributed by atoms with Gasteiger partial charge in [0.15, 0.2) is 0 Å². The summed E-state index contributed by atoms with van der Waals surface area (Å²) in [6, 6.07) is 0. The van der Waals surface area contributed by atoms with Crippen molar-refractivity contribution in [3.8, 4) is 0 Å². The number of hydrogen-bond donors (Lipinski definition) is 0. The summed E-state index contributed by atoms with van der Waals surface area (Å²) in [5, 5.41) is 0. The molecule has 0 bridgehead atoms. The van der Waals surface area contributed by atoms with E-state index in [0.717, 1.165) is 18.7 Å². The van der Waals surface area contributed by atoms with Gasteiger partial charge in [-0.3, -0.25) is 0 Å². The fourth-order valence-electron chi connectivity index (χ4n) is 0.549. The van der Waals surface area contributed by atoms with Crippen molar-refractivity contribution in [3.63, 3.8) is 0 Å². The van der Waals surface area contributed by atoms with Crippen LogP contribution in [-0.2, 0) is 0 Å². The van der Waals surface area contributed by atoms with Crippen LogP contribution in [0.15, 0.2) is 24.8 Å². The average molecular weight is 145 g/mol. The Morgan fingerprint density at radius 2 is 2.11 bits per heavy atom. The molecule has 0 aromatic carbocycles. The Balaban J connectivity index is 2.90. The summed E-state index contributed by atoms with van der Waals surface area (Å²) >= 11 is 5.47. The molecule has 0 radical (unpaired) electrons. The summed E-state index contributed by atoms with van der Waals surface area (Å²) in [4.78, 5) is 0. The van der Waals surface area contributed by atoms with Crippen LogP contribution in [0.3, 0.4) is 0 Å². The number of rotatable bonds is 5. The highest BCUT2D eigenvalue weighted by Gasteiger charge is 1.80. The molecule has 0 aliphatic heterocycles. The SMILES string of the molecule is C=CC=CCCCCCl. The molecule has 0 saturated heterocycles. The molecular weight excluding hydrogens is 132 g/mol. The van der Waals surface area contributed by atoms with E-state index >= 15 is 0 Å². The van der Waals surface area contributed by atoms with Crippen molar-refractivity contribution in [2.24, 2.45) is 0 Å². The predicted molar refractivity (Wildman–Crippen MR) is 43.9 cm³/mol. The smallest absolute Gasteiger partial charge is 0.0223 e. The summed E-state index contributed by atoms with van der Waals surface area (Å²) in [5.74, 6) is 0.780. The minimum absolute atomic E-state index is 0.780. The van der Waals surface area contributed by atoms with Gasteiger partial charge in [-0.15, -0.1) is 11.6 Å². The molecule has 0 N–H and O–H groups in total. The van der Waals surface area contributed by atoms with Gasteiger partial charge in [-0.25, -0.2) is 0 Å². The van der Waals surface area contributed by atoms with E-state index in [1.807, 2.05) is 6.08 Å². The highest BCUT2D eigenvalue weighted by atomic mass is 35.5. The summed E-state index contributed by atoms with van der Waals surface area (Å²) < 4.78 is 0. The van der Waals surface area contributed by atoms with E-state index < -0.39 is 0 Å². The number of hydrogen-bond acceptors (Lipinski definition) is 0. The average Bonchev–Trinajstić information content (AvgIpc) is 1.89. The minimum Gasteiger partial charge on any atom is -0.127 e. The molecule has 0 atom stereocenters. The molecule has 0 nitrogen and oxygen atoms in total. The fraction of sp³-hybridized carbons (Fsp3) is 0.500. The number of allylic oxidation sites excluding steroid dienone is 3. The van der Waals surface area contributed by atoms with Crippen molar-refractivity contribution in [3.05, 3.63) is 24.8 Å². The summed E-state index contributed by atoms with van der Waals surface area (Å²) in [5.41, 5.74) is 0. The van der Waals surface area contributed by atoms with Crippen LogP contribution >= 0.6 is 11.6 Å². The zero-order chi connectivity index (χ0) is 6.95. The molecular formula is C8H13Cl. The normalized spacial score (nSPS) is 10.3. The zero-order valence-corrected chi connectivity index (χ0v) is 6.40. The van der Waals surface area contributed by atoms with Gasteiger partial charge in [0.05, 0.1) is 0 Å². The van der Waals surface area contributed by atoms with Crippen molar-refractivity contribution in [2.75, 3.05) is 5.88 Å². The predicted octanol–water partition coefficient (Wildman–Crippen LogP) is 3.14. The van der Waals surface area contributed by atoms with Gasteiger partial charge < -0.3 is 0 Å². The van der Waals surface area contributed by atoms with Gasteiger partial charge in [0.25, 0.3) is 0 Å². The van der Waals surface area contributed by atoms with Crippen molar-refractivity contribution in [1.29, 1.82) is 0 Å². The van der Waals surface area contributed by atoms with Crippen LogP contribution in [0.25, 0.3) is 0 Å². The molecule has 0 aliphatic carbocycles. The van der Waals surface area contributed by atoms with Crippen molar-refractivity contribution >= 4 is 11.6 Å². The maximum Gasteiger partial charge on any atom is 0.0223 e. The first kappa shape index (κ1) is 8.77. The lowest BCUT2D eigenvalue weighted by atomic mass is 10.2. The zero-order valence-electron chi connectivity index (χ0n) is 5.65. The third-order valence-electron chi connectivity index (χ3n) is 1.03. The second-order valence-electron chi connectivity index (χ2n) is 1.85. The second-order valence-corrected chi connectivity index (χ2v) is 2.23. The molecule has 0 aliphatic rings. The van der Waals surface area contributed by atoms with E-state index in [9.17, 15) is 0 Å². The Hall–Kier alpha value is -0.230. The van der Waals surface area contributed by atoms with Crippen LogP contribution in [0.2, 0.25) is 0 Å². The van der Waals surface area contributed by atoms with E-state index in [4.69, 9.17) is 11.6 Å². The third kappa shape index (κ3) is 7.77. The van der Waals surface area contributed by atoms with Gasteiger partial charge in [0, 0.05) is 5.88 Å². The van der Waals surface area contributed by atoms with Gasteiger partial charge in [-0.1, -0.05) is 24.8 Å². The van der Waals surface area contributed by atoms with Crippen LogP contribution in [0, 0.1) is 0 Å². The summed E-state index contributed by atoms with van der Waals surface area (Å²) in [6.07, 6.45) is 9.30. The van der Waals surface area contributed by atoms with Crippen LogP contribution in [-0.4, -0.2) is 5.88 Å². The van der Waals surface area contributed by atoms with Gasteiger partial charge >= 0.3 is 0 Å². The lowest BCUT2D eigenvalue weighted by molar-refractivity contribution is 0.820. The van der Waals surface area contributed by atoms with Gasteiger partial charge in [0.2, 0.25) is 0 Å². The fourth-order valence-corrected chi connectivity index (χ4v) is 0.738. The molecule has 0 aromatic heterocycles. The quantitative estimate of drug-likeness (QED) is 0.316.